The van der Waals surface area contributed by atoms with Gasteiger partial charge in [-0.3, -0.25) is 0 Å². The number of hydrogen-bond donors (Lipinski definition) is 1. The average molecular weight is 360 g/mol. The van der Waals surface area contributed by atoms with Crippen LogP contribution in [0.15, 0.2) is 84.9 Å². The van der Waals surface area contributed by atoms with Gasteiger partial charge in [0.15, 0.2) is 11.5 Å². The quantitative estimate of drug-likeness (QED) is 0.578. The minimum Gasteiger partial charge on any atom is -0.485 e. The molecule has 1 N–H and O–H groups in total. The second-order valence-corrected chi connectivity index (χ2v) is 5.93. The Labute approximate surface area is 158 Å². The Morgan fingerprint density at radius 1 is 0.778 bits per heavy atom. The molecular formula is C23H20O4. The molecule has 0 amide bonds. The third-order valence-corrected chi connectivity index (χ3v) is 3.86. The van der Waals surface area contributed by atoms with Crippen molar-refractivity contribution in [1.82, 2.24) is 0 Å². The number of benzene rings is 3. The highest BCUT2D eigenvalue weighted by Gasteiger charge is 2.08. The first-order chi connectivity index (χ1) is 13.2. The molecule has 0 heterocycles. The summed E-state index contributed by atoms with van der Waals surface area (Å²) in [7, 11) is 0. The topological polar surface area (TPSA) is 55.8 Å². The van der Waals surface area contributed by atoms with E-state index in [1.165, 1.54) is 6.08 Å². The summed E-state index contributed by atoms with van der Waals surface area (Å²) in [6.45, 7) is 0.821. The normalized spacial score (nSPS) is 10.7. The van der Waals surface area contributed by atoms with Gasteiger partial charge in [0.05, 0.1) is 0 Å². The summed E-state index contributed by atoms with van der Waals surface area (Å²) in [4.78, 5) is 10.8. The highest BCUT2D eigenvalue weighted by atomic mass is 16.5. The van der Waals surface area contributed by atoms with Gasteiger partial charge in [0.25, 0.3) is 0 Å². The molecule has 0 unspecified atom stereocenters. The lowest BCUT2D eigenvalue weighted by Gasteiger charge is -2.14. The van der Waals surface area contributed by atoms with Crippen molar-refractivity contribution in [2.45, 2.75) is 13.2 Å². The van der Waals surface area contributed by atoms with Crippen molar-refractivity contribution in [1.29, 1.82) is 0 Å². The molecule has 0 spiro atoms. The summed E-state index contributed by atoms with van der Waals surface area (Å²) >= 11 is 0. The van der Waals surface area contributed by atoms with Crippen LogP contribution in [0, 0.1) is 0 Å². The number of rotatable bonds is 8. The van der Waals surface area contributed by atoms with E-state index in [0.29, 0.717) is 24.7 Å². The minimum atomic E-state index is -0.994. The van der Waals surface area contributed by atoms with Crippen LogP contribution in [0.2, 0.25) is 0 Å². The Bertz CT molecular complexity index is 902. The third-order valence-electron chi connectivity index (χ3n) is 3.86. The highest BCUT2D eigenvalue weighted by molar-refractivity contribution is 5.85. The van der Waals surface area contributed by atoms with Crippen molar-refractivity contribution in [2.24, 2.45) is 0 Å². The van der Waals surface area contributed by atoms with Crippen molar-refractivity contribution in [3.05, 3.63) is 102 Å². The Morgan fingerprint density at radius 2 is 1.33 bits per heavy atom. The predicted molar refractivity (Wildman–Crippen MR) is 105 cm³/mol. The largest absolute Gasteiger partial charge is 0.485 e. The van der Waals surface area contributed by atoms with Crippen LogP contribution in [0.1, 0.15) is 16.7 Å². The molecule has 136 valence electrons. The van der Waals surface area contributed by atoms with Crippen LogP contribution in [-0.4, -0.2) is 11.1 Å². The van der Waals surface area contributed by atoms with Crippen LogP contribution in [0.5, 0.6) is 11.5 Å². The van der Waals surface area contributed by atoms with Crippen molar-refractivity contribution < 1.29 is 19.4 Å². The summed E-state index contributed by atoms with van der Waals surface area (Å²) in [6, 6.07) is 25.1. The first-order valence-electron chi connectivity index (χ1n) is 8.59. The molecule has 0 saturated carbocycles. The lowest BCUT2D eigenvalue weighted by Crippen LogP contribution is -2.01. The van der Waals surface area contributed by atoms with Crippen molar-refractivity contribution in [3.63, 3.8) is 0 Å². The van der Waals surface area contributed by atoms with Crippen molar-refractivity contribution >= 4 is 12.0 Å². The third kappa shape index (κ3) is 5.75. The molecule has 0 aliphatic rings. The monoisotopic (exact) mass is 360 g/mol. The van der Waals surface area contributed by atoms with E-state index in [-0.39, 0.29) is 0 Å². The van der Waals surface area contributed by atoms with E-state index < -0.39 is 5.97 Å². The molecule has 0 radical (unpaired) electrons. The smallest absolute Gasteiger partial charge is 0.328 e. The van der Waals surface area contributed by atoms with Gasteiger partial charge in [-0.25, -0.2) is 4.79 Å². The van der Waals surface area contributed by atoms with Gasteiger partial charge in [0, 0.05) is 6.08 Å². The van der Waals surface area contributed by atoms with E-state index in [1.807, 2.05) is 60.7 Å². The molecule has 4 heteroatoms. The molecule has 4 nitrogen and oxygen atoms in total. The van der Waals surface area contributed by atoms with Gasteiger partial charge in [0.2, 0.25) is 0 Å². The van der Waals surface area contributed by atoms with Gasteiger partial charge in [0.1, 0.15) is 13.2 Å². The number of carboxylic acid groups (broad SMARTS) is 1. The Balaban J connectivity index is 1.78. The first-order valence-corrected chi connectivity index (χ1v) is 8.59. The van der Waals surface area contributed by atoms with Crippen LogP contribution in [0.25, 0.3) is 6.08 Å². The molecule has 0 fully saturated rings. The zero-order valence-electron chi connectivity index (χ0n) is 14.7. The molecule has 0 aliphatic carbocycles. The fourth-order valence-electron chi connectivity index (χ4n) is 2.50. The van der Waals surface area contributed by atoms with Gasteiger partial charge in [-0.1, -0.05) is 66.7 Å². The van der Waals surface area contributed by atoms with Crippen LogP contribution >= 0.6 is 0 Å². The summed E-state index contributed by atoms with van der Waals surface area (Å²) < 4.78 is 11.9. The summed E-state index contributed by atoms with van der Waals surface area (Å²) in [5, 5.41) is 8.82. The number of ether oxygens (including phenoxy) is 2. The predicted octanol–water partition coefficient (Wildman–Crippen LogP) is 4.94. The van der Waals surface area contributed by atoms with E-state index in [0.717, 1.165) is 22.8 Å². The van der Waals surface area contributed by atoms with E-state index >= 15 is 0 Å². The zero-order valence-corrected chi connectivity index (χ0v) is 14.7. The minimum absolute atomic E-state index is 0.397. The Morgan fingerprint density at radius 3 is 1.89 bits per heavy atom. The standard InChI is InChI=1S/C23H20O4/c24-23(25)14-12-18-11-13-21(26-16-19-7-3-1-4-8-19)22(15-18)27-17-20-9-5-2-6-10-20/h1-15H,16-17H2,(H,24,25)/b14-12-. The maximum atomic E-state index is 10.8. The SMILES string of the molecule is O=C(O)/C=C\c1ccc(OCc2ccccc2)c(OCc2ccccc2)c1. The van der Waals surface area contributed by atoms with E-state index in [2.05, 4.69) is 0 Å². The van der Waals surface area contributed by atoms with Crippen LogP contribution in [0.3, 0.4) is 0 Å². The summed E-state index contributed by atoms with van der Waals surface area (Å²) in [5.74, 6) is 0.191. The number of carboxylic acids is 1. The fraction of sp³-hybridized carbons (Fsp3) is 0.0870. The molecular weight excluding hydrogens is 340 g/mol. The lowest BCUT2D eigenvalue weighted by atomic mass is 10.2. The molecule has 0 bridgehead atoms. The van der Waals surface area contributed by atoms with Gasteiger partial charge in [-0.05, 0) is 34.9 Å². The summed E-state index contributed by atoms with van der Waals surface area (Å²) in [6.07, 6.45) is 2.62. The Kier molecular flexibility index (Phi) is 6.26. The summed E-state index contributed by atoms with van der Waals surface area (Å²) in [5.41, 5.74) is 2.83. The number of hydrogen-bond acceptors (Lipinski definition) is 3. The van der Waals surface area contributed by atoms with E-state index in [1.54, 1.807) is 18.2 Å². The average Bonchev–Trinajstić information content (AvgIpc) is 2.71. The maximum Gasteiger partial charge on any atom is 0.328 e. The van der Waals surface area contributed by atoms with E-state index in [9.17, 15) is 4.79 Å². The van der Waals surface area contributed by atoms with E-state index in [4.69, 9.17) is 14.6 Å². The Hall–Kier alpha value is -3.53. The van der Waals surface area contributed by atoms with Crippen LogP contribution < -0.4 is 9.47 Å². The van der Waals surface area contributed by atoms with Crippen LogP contribution in [-0.2, 0) is 18.0 Å². The van der Waals surface area contributed by atoms with Crippen molar-refractivity contribution in [2.75, 3.05) is 0 Å². The fourth-order valence-corrected chi connectivity index (χ4v) is 2.50. The molecule has 0 aromatic heterocycles. The van der Waals surface area contributed by atoms with Crippen LogP contribution in [0.4, 0.5) is 0 Å². The lowest BCUT2D eigenvalue weighted by molar-refractivity contribution is -0.131. The zero-order chi connectivity index (χ0) is 18.9. The molecule has 3 aromatic rings. The first kappa shape index (κ1) is 18.3. The second-order valence-electron chi connectivity index (χ2n) is 5.93. The maximum absolute atomic E-state index is 10.8. The molecule has 0 atom stereocenters. The molecule has 27 heavy (non-hydrogen) atoms. The van der Waals surface area contributed by atoms with Crippen molar-refractivity contribution in [3.8, 4) is 11.5 Å². The number of aliphatic carboxylic acids is 1. The second kappa shape index (κ2) is 9.25. The number of carbonyl (C=O) groups is 1. The van der Waals surface area contributed by atoms with Gasteiger partial charge in [-0.2, -0.15) is 0 Å². The van der Waals surface area contributed by atoms with Gasteiger partial charge in [-0.15, -0.1) is 0 Å². The molecule has 0 saturated heterocycles. The molecule has 3 aromatic carbocycles. The highest BCUT2D eigenvalue weighted by Crippen LogP contribution is 2.30. The molecule has 0 aliphatic heterocycles. The molecule has 3 rings (SSSR count). The van der Waals surface area contributed by atoms with Gasteiger partial charge < -0.3 is 14.6 Å². The van der Waals surface area contributed by atoms with Gasteiger partial charge >= 0.3 is 5.97 Å².